The van der Waals surface area contributed by atoms with Crippen LogP contribution in [0.1, 0.15) is 67.7 Å². The first kappa shape index (κ1) is 25.9. The Hall–Kier alpha value is -2.18. The van der Waals surface area contributed by atoms with Crippen LogP contribution in [0.3, 0.4) is 0 Å². The number of hydrogen-bond donors (Lipinski definition) is 2. The largest absolute Gasteiger partial charge is 0.477 e. The maximum atomic E-state index is 12.5. The second kappa shape index (κ2) is 11.3. The number of nitrogens with one attached hydrogen (secondary N) is 1. The summed E-state index contributed by atoms with van der Waals surface area (Å²) < 4.78 is 5.56. The molecule has 0 radical (unpaired) electrons. The number of carbonyl (C=O) groups is 2. The highest BCUT2D eigenvalue weighted by molar-refractivity contribution is 5.86. The molecule has 172 valence electrons. The molecular formula is C23H41N3O4. The van der Waals surface area contributed by atoms with Gasteiger partial charge in [0.1, 0.15) is 11.3 Å². The Bertz CT molecular complexity index is 660. The van der Waals surface area contributed by atoms with Crippen LogP contribution in [0.2, 0.25) is 0 Å². The third kappa shape index (κ3) is 7.26. The Morgan fingerprint density at radius 1 is 1.17 bits per heavy atom. The summed E-state index contributed by atoms with van der Waals surface area (Å²) >= 11 is 0. The lowest BCUT2D eigenvalue weighted by molar-refractivity contribution is -0.133. The van der Waals surface area contributed by atoms with Crippen molar-refractivity contribution in [3.63, 3.8) is 0 Å². The van der Waals surface area contributed by atoms with Crippen LogP contribution in [0.25, 0.3) is 0 Å². The predicted octanol–water partition coefficient (Wildman–Crippen LogP) is 4.22. The van der Waals surface area contributed by atoms with Crippen molar-refractivity contribution in [2.24, 2.45) is 5.92 Å². The highest BCUT2D eigenvalue weighted by atomic mass is 16.6. The minimum absolute atomic E-state index is 0.176. The molecule has 2 rings (SSSR count). The first-order valence-corrected chi connectivity index (χ1v) is 11.0. The first-order valence-electron chi connectivity index (χ1n) is 11.0. The number of likely N-dealkylation sites (N-methyl/N-ethyl adjacent to an activating group) is 1. The number of ether oxygens (including phenoxy) is 1. The maximum absolute atomic E-state index is 12.5. The van der Waals surface area contributed by atoms with Gasteiger partial charge in [0.15, 0.2) is 0 Å². The average molecular weight is 424 g/mol. The van der Waals surface area contributed by atoms with Gasteiger partial charge in [-0.15, -0.1) is 0 Å². The van der Waals surface area contributed by atoms with Gasteiger partial charge in [-0.05, 0) is 59.5 Å². The van der Waals surface area contributed by atoms with Crippen molar-refractivity contribution in [1.29, 1.82) is 0 Å². The van der Waals surface area contributed by atoms with Crippen molar-refractivity contribution in [3.05, 3.63) is 23.0 Å². The van der Waals surface area contributed by atoms with Gasteiger partial charge >= 0.3 is 12.1 Å². The molecule has 0 spiro atoms. The normalized spacial score (nSPS) is 21.3. The number of carboxylic acids is 1. The zero-order valence-corrected chi connectivity index (χ0v) is 20.0. The average Bonchev–Trinajstić information content (AvgIpc) is 3.04. The van der Waals surface area contributed by atoms with Gasteiger partial charge in [0.25, 0.3) is 0 Å². The fourth-order valence-corrected chi connectivity index (χ4v) is 3.88. The third-order valence-corrected chi connectivity index (χ3v) is 5.10. The van der Waals surface area contributed by atoms with Crippen molar-refractivity contribution in [1.82, 2.24) is 15.1 Å². The number of allylic oxidation sites excluding steroid dienone is 2. The summed E-state index contributed by atoms with van der Waals surface area (Å²) in [6, 6.07) is 0.196. The molecule has 0 aromatic heterocycles. The fourth-order valence-electron chi connectivity index (χ4n) is 3.88. The second-order valence-corrected chi connectivity index (χ2v) is 9.23. The predicted molar refractivity (Wildman–Crippen MR) is 120 cm³/mol. The molecule has 2 fully saturated rings. The van der Waals surface area contributed by atoms with Crippen molar-refractivity contribution in [2.75, 3.05) is 26.7 Å². The molecular weight excluding hydrogens is 382 g/mol. The summed E-state index contributed by atoms with van der Waals surface area (Å²) in [4.78, 5) is 28.0. The van der Waals surface area contributed by atoms with Gasteiger partial charge in [-0.25, -0.2) is 9.59 Å². The van der Waals surface area contributed by atoms with Crippen molar-refractivity contribution in [3.8, 4) is 0 Å². The van der Waals surface area contributed by atoms with E-state index in [4.69, 9.17) is 4.74 Å². The number of carboxylic acid groups (broad SMARTS) is 1. The number of rotatable bonds is 4. The van der Waals surface area contributed by atoms with E-state index in [1.807, 2.05) is 39.5 Å². The summed E-state index contributed by atoms with van der Waals surface area (Å²) in [6.45, 7) is 16.2. The second-order valence-electron chi connectivity index (χ2n) is 9.23. The lowest BCUT2D eigenvalue weighted by Crippen LogP contribution is -2.48. The van der Waals surface area contributed by atoms with Crippen molar-refractivity contribution in [2.45, 2.75) is 79.4 Å². The quantitative estimate of drug-likeness (QED) is 0.520. The maximum Gasteiger partial charge on any atom is 0.410 e. The zero-order chi connectivity index (χ0) is 23.1. The van der Waals surface area contributed by atoms with E-state index in [-0.39, 0.29) is 17.8 Å². The Morgan fingerprint density at radius 3 is 2.23 bits per heavy atom. The lowest BCUT2D eigenvalue weighted by atomic mass is 9.92. The van der Waals surface area contributed by atoms with Crippen LogP contribution < -0.4 is 5.32 Å². The molecule has 1 amide bonds. The minimum atomic E-state index is -0.969. The molecule has 2 aliphatic rings. The Kier molecular flexibility index (Phi) is 9.72. The summed E-state index contributed by atoms with van der Waals surface area (Å²) in [5.74, 6) is -0.597. The van der Waals surface area contributed by atoms with Gasteiger partial charge < -0.3 is 25.0 Å². The van der Waals surface area contributed by atoms with Crippen LogP contribution in [-0.2, 0) is 9.53 Å². The molecule has 2 heterocycles. The Balaban J connectivity index is 0.00000141. The van der Waals surface area contributed by atoms with E-state index in [1.165, 1.54) is 6.42 Å². The smallest absolute Gasteiger partial charge is 0.410 e. The minimum Gasteiger partial charge on any atom is -0.477 e. The fraction of sp³-hybridized carbons (Fsp3) is 0.739. The topological polar surface area (TPSA) is 82.1 Å². The van der Waals surface area contributed by atoms with E-state index in [0.717, 1.165) is 43.7 Å². The summed E-state index contributed by atoms with van der Waals surface area (Å²) in [5, 5.41) is 12.1. The van der Waals surface area contributed by atoms with Crippen LogP contribution in [0.15, 0.2) is 23.0 Å². The Morgan fingerprint density at radius 2 is 1.77 bits per heavy atom. The molecule has 0 saturated carbocycles. The van der Waals surface area contributed by atoms with Gasteiger partial charge in [0, 0.05) is 38.4 Å². The molecule has 0 aromatic carbocycles. The molecule has 0 aliphatic carbocycles. The summed E-state index contributed by atoms with van der Waals surface area (Å²) in [5.41, 5.74) is 1.70. The third-order valence-electron chi connectivity index (χ3n) is 5.10. The SMILES string of the molecule is CCC.CN/C(=C\C(=C(C)C)N1CCC2C(CCN2C(=O)OC(C)(C)C)C1)C(=O)O. The van der Waals surface area contributed by atoms with E-state index in [2.05, 4.69) is 24.1 Å². The van der Waals surface area contributed by atoms with Crippen LogP contribution in [0.5, 0.6) is 0 Å². The highest BCUT2D eigenvalue weighted by Crippen LogP contribution is 2.34. The van der Waals surface area contributed by atoms with E-state index in [1.54, 1.807) is 13.1 Å². The number of carbonyl (C=O) groups excluding carboxylic acids is 1. The molecule has 30 heavy (non-hydrogen) atoms. The Labute approximate surface area is 182 Å². The number of aliphatic carboxylic acids is 1. The molecule has 2 aliphatic heterocycles. The van der Waals surface area contributed by atoms with Crippen molar-refractivity contribution >= 4 is 12.1 Å². The summed E-state index contributed by atoms with van der Waals surface area (Å²) in [7, 11) is 1.62. The highest BCUT2D eigenvalue weighted by Gasteiger charge is 2.42. The van der Waals surface area contributed by atoms with E-state index >= 15 is 0 Å². The van der Waals surface area contributed by atoms with Crippen LogP contribution in [-0.4, -0.2) is 65.3 Å². The molecule has 7 heteroatoms. The van der Waals surface area contributed by atoms with Crippen molar-refractivity contribution < 1.29 is 19.4 Å². The number of piperidine rings is 1. The van der Waals surface area contributed by atoms with Gasteiger partial charge in [-0.3, -0.25) is 0 Å². The number of amides is 1. The molecule has 7 nitrogen and oxygen atoms in total. The van der Waals surface area contributed by atoms with Crippen LogP contribution in [0, 0.1) is 5.92 Å². The molecule has 2 atom stereocenters. The molecule has 0 aromatic rings. The number of hydrogen-bond acceptors (Lipinski definition) is 5. The first-order chi connectivity index (χ1) is 13.9. The standard InChI is InChI=1S/C20H33N3O4.C3H8/c1-13(2)17(11-15(21-6)18(24)25)22-9-8-16-14(12-22)7-10-23(16)19(26)27-20(3,4)5;1-3-2/h11,14,16,21H,7-10,12H2,1-6H3,(H,24,25);3H2,1-2H3/b15-11-;. The number of nitrogens with zero attached hydrogens (tertiary/aromatic N) is 2. The number of likely N-dealkylation sites (tertiary alicyclic amines) is 2. The monoisotopic (exact) mass is 423 g/mol. The van der Waals surface area contributed by atoms with E-state index in [0.29, 0.717) is 5.92 Å². The number of fused-ring (bicyclic) bond motifs is 1. The zero-order valence-electron chi connectivity index (χ0n) is 20.0. The van der Waals surface area contributed by atoms with E-state index < -0.39 is 11.6 Å². The van der Waals surface area contributed by atoms with Crippen LogP contribution in [0.4, 0.5) is 4.79 Å². The summed E-state index contributed by atoms with van der Waals surface area (Å²) in [6.07, 6.45) is 4.53. The van der Waals surface area contributed by atoms with Gasteiger partial charge in [-0.2, -0.15) is 0 Å². The van der Waals surface area contributed by atoms with Gasteiger partial charge in [0.05, 0.1) is 0 Å². The molecule has 2 unspecified atom stereocenters. The molecule has 2 N–H and O–H groups in total. The lowest BCUT2D eigenvalue weighted by Gasteiger charge is -2.40. The van der Waals surface area contributed by atoms with Crippen LogP contribution >= 0.6 is 0 Å². The van der Waals surface area contributed by atoms with Gasteiger partial charge in [0.2, 0.25) is 0 Å². The van der Waals surface area contributed by atoms with Gasteiger partial charge in [-0.1, -0.05) is 25.8 Å². The molecule has 0 bridgehead atoms. The molecule has 2 saturated heterocycles. The van der Waals surface area contributed by atoms with E-state index in [9.17, 15) is 14.7 Å².